The van der Waals surface area contributed by atoms with Gasteiger partial charge in [-0.05, 0) is 33.7 Å². The summed E-state index contributed by atoms with van der Waals surface area (Å²) in [7, 11) is 0. The Balaban J connectivity index is 2.01. The predicted molar refractivity (Wildman–Crippen MR) is 68.5 cm³/mol. The first-order valence-corrected chi connectivity index (χ1v) is 6.67. The Kier molecular flexibility index (Phi) is 3.82. The van der Waals surface area contributed by atoms with E-state index < -0.39 is 5.60 Å². The first kappa shape index (κ1) is 13.6. The summed E-state index contributed by atoms with van der Waals surface area (Å²) in [6.45, 7) is 10.3. The van der Waals surface area contributed by atoms with Crippen molar-refractivity contribution < 1.29 is 14.3 Å². The Hall–Kier alpha value is -0.810. The van der Waals surface area contributed by atoms with Crippen LogP contribution in [-0.4, -0.2) is 56.0 Å². The summed E-state index contributed by atoms with van der Waals surface area (Å²) in [6.07, 6.45) is 0.839. The average molecular weight is 256 g/mol. The van der Waals surface area contributed by atoms with E-state index in [9.17, 15) is 4.79 Å². The molecule has 2 fully saturated rings. The highest BCUT2D eigenvalue weighted by atomic mass is 16.6. The largest absolute Gasteiger partial charge is 0.444 e. The third-order valence-electron chi connectivity index (χ3n) is 3.42. The van der Waals surface area contributed by atoms with Crippen LogP contribution in [0.25, 0.3) is 0 Å². The van der Waals surface area contributed by atoms with Crippen LogP contribution >= 0.6 is 0 Å². The van der Waals surface area contributed by atoms with Crippen LogP contribution in [0.3, 0.4) is 0 Å². The number of nitrogens with one attached hydrogen (secondary N) is 1. The molecule has 2 aliphatic rings. The van der Waals surface area contributed by atoms with E-state index in [0.717, 1.165) is 32.7 Å². The quantitative estimate of drug-likeness (QED) is 0.708. The van der Waals surface area contributed by atoms with Gasteiger partial charge in [-0.15, -0.1) is 0 Å². The first-order valence-electron chi connectivity index (χ1n) is 6.67. The molecule has 0 aliphatic carbocycles. The van der Waals surface area contributed by atoms with Crippen molar-refractivity contribution in [1.29, 1.82) is 0 Å². The van der Waals surface area contributed by atoms with Gasteiger partial charge in [0.1, 0.15) is 5.60 Å². The van der Waals surface area contributed by atoms with E-state index >= 15 is 0 Å². The van der Waals surface area contributed by atoms with Gasteiger partial charge in [0.15, 0.2) is 0 Å². The zero-order valence-electron chi connectivity index (χ0n) is 11.6. The molecule has 0 bridgehead atoms. The molecule has 0 radical (unpaired) electrons. The summed E-state index contributed by atoms with van der Waals surface area (Å²) in [5, 5.41) is 3.36. The zero-order chi connectivity index (χ0) is 13.2. The first-order chi connectivity index (χ1) is 8.40. The van der Waals surface area contributed by atoms with Crippen LogP contribution in [0, 0.1) is 5.41 Å². The fraction of sp³-hybridized carbons (Fsp3) is 0.923. The van der Waals surface area contributed by atoms with Gasteiger partial charge in [0.2, 0.25) is 0 Å². The maximum Gasteiger partial charge on any atom is 0.410 e. The van der Waals surface area contributed by atoms with Gasteiger partial charge in [0, 0.05) is 25.0 Å². The fourth-order valence-corrected chi connectivity index (χ4v) is 2.53. The highest BCUT2D eigenvalue weighted by molar-refractivity contribution is 5.68. The van der Waals surface area contributed by atoms with Crippen molar-refractivity contribution in [3.63, 3.8) is 0 Å². The lowest BCUT2D eigenvalue weighted by molar-refractivity contribution is 0.0202. The van der Waals surface area contributed by atoms with Crippen molar-refractivity contribution in [3.05, 3.63) is 0 Å². The minimum Gasteiger partial charge on any atom is -0.444 e. The maximum atomic E-state index is 12.1. The van der Waals surface area contributed by atoms with Gasteiger partial charge < -0.3 is 19.7 Å². The summed E-state index contributed by atoms with van der Waals surface area (Å²) in [6, 6.07) is 0. The number of amides is 1. The molecule has 1 spiro atoms. The second-order valence-electron chi connectivity index (χ2n) is 6.38. The van der Waals surface area contributed by atoms with Gasteiger partial charge in [0.05, 0.1) is 13.2 Å². The van der Waals surface area contributed by atoms with Crippen molar-refractivity contribution in [1.82, 2.24) is 10.2 Å². The van der Waals surface area contributed by atoms with Crippen LogP contribution in [0.1, 0.15) is 27.2 Å². The molecular weight excluding hydrogens is 232 g/mol. The van der Waals surface area contributed by atoms with E-state index in [1.54, 1.807) is 4.90 Å². The molecular formula is C13H24N2O3. The third kappa shape index (κ3) is 3.36. The lowest BCUT2D eigenvalue weighted by Gasteiger charge is -2.32. The molecule has 1 unspecified atom stereocenters. The molecule has 5 heteroatoms. The topological polar surface area (TPSA) is 50.8 Å². The van der Waals surface area contributed by atoms with Crippen LogP contribution < -0.4 is 5.32 Å². The molecule has 0 aromatic rings. The molecule has 0 aromatic heterocycles. The molecule has 2 rings (SSSR count). The lowest BCUT2D eigenvalue weighted by atomic mass is 9.88. The average Bonchev–Trinajstić information content (AvgIpc) is 2.57. The normalized spacial score (nSPS) is 29.4. The Morgan fingerprint density at radius 2 is 2.22 bits per heavy atom. The molecule has 2 heterocycles. The molecule has 2 aliphatic heterocycles. The maximum absolute atomic E-state index is 12.1. The SMILES string of the molecule is CC(C)(C)OC(=O)N1CCOCC2(CCNC2)C1. The van der Waals surface area contributed by atoms with Crippen molar-refractivity contribution in [2.24, 2.45) is 5.41 Å². The molecule has 1 amide bonds. The summed E-state index contributed by atoms with van der Waals surface area (Å²) in [5.41, 5.74) is -0.362. The van der Waals surface area contributed by atoms with E-state index in [-0.39, 0.29) is 11.5 Å². The van der Waals surface area contributed by atoms with E-state index in [1.807, 2.05) is 20.8 Å². The molecule has 2 saturated heterocycles. The Bertz CT molecular complexity index is 306. The molecule has 1 N–H and O–H groups in total. The van der Waals surface area contributed by atoms with Crippen LogP contribution in [0.2, 0.25) is 0 Å². The number of hydrogen-bond acceptors (Lipinski definition) is 4. The van der Waals surface area contributed by atoms with E-state index in [2.05, 4.69) is 5.32 Å². The van der Waals surface area contributed by atoms with Crippen LogP contribution in [0.5, 0.6) is 0 Å². The van der Waals surface area contributed by atoms with Gasteiger partial charge in [0.25, 0.3) is 0 Å². The standard InChI is InChI=1S/C13H24N2O3/c1-12(2,3)18-11(16)15-6-7-17-10-13(9-15)4-5-14-8-13/h14H,4-10H2,1-3H3. The number of nitrogens with zero attached hydrogens (tertiary/aromatic N) is 1. The molecule has 5 nitrogen and oxygen atoms in total. The molecule has 0 saturated carbocycles. The number of rotatable bonds is 0. The Labute approximate surface area is 109 Å². The van der Waals surface area contributed by atoms with Crippen molar-refractivity contribution in [3.8, 4) is 0 Å². The van der Waals surface area contributed by atoms with Gasteiger partial charge in [-0.3, -0.25) is 0 Å². The summed E-state index contributed by atoms with van der Waals surface area (Å²) < 4.78 is 11.1. The van der Waals surface area contributed by atoms with Crippen LogP contribution in [0.15, 0.2) is 0 Å². The Morgan fingerprint density at radius 1 is 1.44 bits per heavy atom. The number of carbonyl (C=O) groups is 1. The number of carbonyl (C=O) groups excluding carboxylic acids is 1. The number of hydrogen-bond donors (Lipinski definition) is 1. The van der Waals surface area contributed by atoms with Crippen LogP contribution in [0.4, 0.5) is 4.79 Å². The predicted octanol–water partition coefficient (Wildman–Crippen LogP) is 1.23. The summed E-state index contributed by atoms with van der Waals surface area (Å²) in [5.74, 6) is 0. The smallest absolute Gasteiger partial charge is 0.410 e. The van der Waals surface area contributed by atoms with Crippen LogP contribution in [-0.2, 0) is 9.47 Å². The zero-order valence-corrected chi connectivity index (χ0v) is 11.6. The minimum atomic E-state index is -0.439. The number of ether oxygens (including phenoxy) is 2. The molecule has 104 valence electrons. The Morgan fingerprint density at radius 3 is 2.83 bits per heavy atom. The third-order valence-corrected chi connectivity index (χ3v) is 3.42. The molecule has 0 aromatic carbocycles. The van der Waals surface area contributed by atoms with E-state index in [0.29, 0.717) is 13.2 Å². The minimum absolute atomic E-state index is 0.0768. The van der Waals surface area contributed by atoms with E-state index in [1.165, 1.54) is 0 Å². The van der Waals surface area contributed by atoms with Gasteiger partial charge in [-0.1, -0.05) is 0 Å². The highest BCUT2D eigenvalue weighted by Gasteiger charge is 2.39. The highest BCUT2D eigenvalue weighted by Crippen LogP contribution is 2.29. The summed E-state index contributed by atoms with van der Waals surface area (Å²) >= 11 is 0. The molecule has 18 heavy (non-hydrogen) atoms. The molecule has 1 atom stereocenters. The van der Waals surface area contributed by atoms with Gasteiger partial charge in [-0.25, -0.2) is 4.79 Å². The van der Waals surface area contributed by atoms with Gasteiger partial charge >= 0.3 is 6.09 Å². The van der Waals surface area contributed by atoms with Crippen molar-refractivity contribution in [2.75, 3.05) is 39.4 Å². The fourth-order valence-electron chi connectivity index (χ4n) is 2.53. The van der Waals surface area contributed by atoms with Crippen molar-refractivity contribution >= 4 is 6.09 Å². The van der Waals surface area contributed by atoms with Crippen molar-refractivity contribution in [2.45, 2.75) is 32.8 Å². The van der Waals surface area contributed by atoms with Gasteiger partial charge in [-0.2, -0.15) is 0 Å². The second kappa shape index (κ2) is 5.05. The second-order valence-corrected chi connectivity index (χ2v) is 6.38. The summed E-state index contributed by atoms with van der Waals surface area (Å²) in [4.78, 5) is 13.9. The monoisotopic (exact) mass is 256 g/mol. The van der Waals surface area contributed by atoms with E-state index in [4.69, 9.17) is 9.47 Å². The lowest BCUT2D eigenvalue weighted by Crippen LogP contribution is -2.44.